The largest absolute Gasteiger partial charge is 0.487 e. The van der Waals surface area contributed by atoms with E-state index in [1.165, 1.54) is 12.1 Å². The molecule has 0 aliphatic heterocycles. The third-order valence-corrected chi connectivity index (χ3v) is 5.61. The molecule has 0 radical (unpaired) electrons. The molecule has 0 atom stereocenters. The Morgan fingerprint density at radius 1 is 0.933 bits per heavy atom. The summed E-state index contributed by atoms with van der Waals surface area (Å²) in [5.74, 6) is 1.43. The van der Waals surface area contributed by atoms with Crippen LogP contribution in [0.5, 0.6) is 5.75 Å². The van der Waals surface area contributed by atoms with Crippen LogP contribution >= 0.6 is 11.6 Å². The van der Waals surface area contributed by atoms with Crippen LogP contribution in [0.4, 0.5) is 0 Å². The van der Waals surface area contributed by atoms with Gasteiger partial charge in [-0.25, -0.2) is 18.5 Å². The molecule has 0 fully saturated rings. The van der Waals surface area contributed by atoms with Gasteiger partial charge in [0.25, 0.3) is 0 Å². The molecule has 0 bridgehead atoms. The number of hydrogen-bond acceptors (Lipinski definition) is 4. The van der Waals surface area contributed by atoms with Gasteiger partial charge < -0.3 is 4.74 Å². The van der Waals surface area contributed by atoms with Crippen LogP contribution in [0.25, 0.3) is 17.1 Å². The number of benzene rings is 3. The lowest BCUT2D eigenvalue weighted by atomic mass is 10.2. The number of aromatic nitrogens is 2. The predicted molar refractivity (Wildman–Crippen MR) is 116 cm³/mol. The minimum Gasteiger partial charge on any atom is -0.487 e. The van der Waals surface area contributed by atoms with Gasteiger partial charge >= 0.3 is 0 Å². The molecule has 8 heteroatoms. The van der Waals surface area contributed by atoms with Gasteiger partial charge in [0, 0.05) is 22.5 Å². The molecule has 0 saturated carbocycles. The molecule has 0 amide bonds. The number of primary sulfonamides is 1. The number of rotatable bonds is 6. The van der Waals surface area contributed by atoms with Crippen LogP contribution in [-0.4, -0.2) is 18.0 Å². The summed E-state index contributed by atoms with van der Waals surface area (Å²) in [6.45, 7) is 0.285. The summed E-state index contributed by atoms with van der Waals surface area (Å²) < 4.78 is 30.8. The van der Waals surface area contributed by atoms with E-state index >= 15 is 0 Å². The number of hydrogen-bond donors (Lipinski definition) is 1. The Bertz CT molecular complexity index is 1250. The number of ether oxygens (including phenoxy) is 1. The minimum absolute atomic E-state index is 0.0482. The van der Waals surface area contributed by atoms with E-state index in [9.17, 15) is 8.42 Å². The Labute approximate surface area is 179 Å². The van der Waals surface area contributed by atoms with E-state index in [0.29, 0.717) is 10.8 Å². The summed E-state index contributed by atoms with van der Waals surface area (Å²) in [4.78, 5) is 4.77. The second-order valence-corrected chi connectivity index (χ2v) is 8.57. The smallest absolute Gasteiger partial charge is 0.238 e. The highest BCUT2D eigenvalue weighted by atomic mass is 35.5. The van der Waals surface area contributed by atoms with Crippen molar-refractivity contribution in [2.24, 2.45) is 5.14 Å². The van der Waals surface area contributed by atoms with Crippen molar-refractivity contribution in [1.82, 2.24) is 9.55 Å². The van der Waals surface area contributed by atoms with Gasteiger partial charge in [-0.15, -0.1) is 0 Å². The Morgan fingerprint density at radius 3 is 2.23 bits per heavy atom. The molecule has 2 N–H and O–H groups in total. The van der Waals surface area contributed by atoms with Crippen LogP contribution in [0, 0.1) is 0 Å². The van der Waals surface area contributed by atoms with Gasteiger partial charge in [-0.1, -0.05) is 29.8 Å². The van der Waals surface area contributed by atoms with Gasteiger partial charge in [-0.3, -0.25) is 4.57 Å². The lowest BCUT2D eigenvalue weighted by Crippen LogP contribution is -2.12. The van der Waals surface area contributed by atoms with Gasteiger partial charge in [0.15, 0.2) is 0 Å². The fourth-order valence-electron chi connectivity index (χ4n) is 2.97. The van der Waals surface area contributed by atoms with Crippen molar-refractivity contribution in [2.45, 2.75) is 11.5 Å². The molecule has 4 aromatic rings. The van der Waals surface area contributed by atoms with E-state index in [0.717, 1.165) is 22.7 Å². The minimum atomic E-state index is -3.76. The normalized spacial score (nSPS) is 11.4. The third kappa shape index (κ3) is 4.54. The molecule has 30 heavy (non-hydrogen) atoms. The van der Waals surface area contributed by atoms with Crippen molar-refractivity contribution in [2.75, 3.05) is 0 Å². The first-order valence-electron chi connectivity index (χ1n) is 9.05. The molecule has 1 heterocycles. The van der Waals surface area contributed by atoms with Gasteiger partial charge in [0.2, 0.25) is 10.0 Å². The standard InChI is InChI=1S/C22H18ClN3O3S/c23-17-8-6-16(7-9-17)22-25-18(15-29-20-4-2-1-3-5-20)14-26(22)19-10-12-21(13-11-19)30(24,27)28/h1-14H,15H2,(H2,24,27,28). The van der Waals surface area contributed by atoms with Crippen LogP contribution in [0.15, 0.2) is 90.0 Å². The van der Waals surface area contributed by atoms with Crippen LogP contribution in [0.1, 0.15) is 5.69 Å². The maximum atomic E-state index is 11.6. The van der Waals surface area contributed by atoms with Gasteiger partial charge in [-0.2, -0.15) is 0 Å². The second-order valence-electron chi connectivity index (χ2n) is 6.57. The van der Waals surface area contributed by atoms with E-state index in [1.807, 2.05) is 53.2 Å². The molecule has 0 saturated heterocycles. The van der Waals surface area contributed by atoms with Crippen molar-refractivity contribution in [3.05, 3.63) is 95.8 Å². The fraction of sp³-hybridized carbons (Fsp3) is 0.0455. The Hall–Kier alpha value is -3.13. The quantitative estimate of drug-likeness (QED) is 0.481. The summed E-state index contributed by atoms with van der Waals surface area (Å²) in [6.07, 6.45) is 1.86. The molecule has 0 unspecified atom stereocenters. The van der Waals surface area contributed by atoms with Crippen LogP contribution < -0.4 is 9.88 Å². The molecule has 3 aromatic carbocycles. The Balaban J connectivity index is 1.71. The van der Waals surface area contributed by atoms with Crippen molar-refractivity contribution >= 4 is 21.6 Å². The van der Waals surface area contributed by atoms with E-state index in [-0.39, 0.29) is 11.5 Å². The molecular formula is C22H18ClN3O3S. The molecule has 152 valence electrons. The Kier molecular flexibility index (Phi) is 5.59. The van der Waals surface area contributed by atoms with E-state index < -0.39 is 10.0 Å². The number of imidazole rings is 1. The highest BCUT2D eigenvalue weighted by Crippen LogP contribution is 2.26. The zero-order valence-corrected chi connectivity index (χ0v) is 17.3. The van der Waals surface area contributed by atoms with Crippen molar-refractivity contribution in [3.8, 4) is 22.8 Å². The number of para-hydroxylation sites is 1. The summed E-state index contributed by atoms with van der Waals surface area (Å²) in [5.41, 5.74) is 2.33. The molecule has 0 spiro atoms. The summed E-state index contributed by atoms with van der Waals surface area (Å²) in [7, 11) is -3.76. The molecule has 0 aliphatic rings. The molecule has 6 nitrogen and oxygen atoms in total. The molecule has 0 aliphatic carbocycles. The number of sulfonamides is 1. The van der Waals surface area contributed by atoms with Crippen LogP contribution in [0.2, 0.25) is 5.02 Å². The summed E-state index contributed by atoms with van der Waals surface area (Å²) >= 11 is 6.02. The SMILES string of the molecule is NS(=O)(=O)c1ccc(-n2cc(COc3ccccc3)nc2-c2ccc(Cl)cc2)cc1. The first kappa shape index (κ1) is 20.2. The second kappa shape index (κ2) is 8.31. The maximum Gasteiger partial charge on any atom is 0.238 e. The fourth-order valence-corrected chi connectivity index (χ4v) is 3.61. The summed E-state index contributed by atoms with van der Waals surface area (Å²) in [5, 5.41) is 5.83. The maximum absolute atomic E-state index is 11.6. The Morgan fingerprint density at radius 2 is 1.60 bits per heavy atom. The van der Waals surface area contributed by atoms with Crippen molar-refractivity contribution in [1.29, 1.82) is 0 Å². The van der Waals surface area contributed by atoms with Gasteiger partial charge in [0.05, 0.1) is 10.6 Å². The number of nitrogens with two attached hydrogens (primary N) is 1. The predicted octanol–water partition coefficient (Wildman–Crippen LogP) is 4.42. The van der Waals surface area contributed by atoms with Crippen molar-refractivity contribution < 1.29 is 13.2 Å². The highest BCUT2D eigenvalue weighted by molar-refractivity contribution is 7.89. The first-order chi connectivity index (χ1) is 14.4. The van der Waals surface area contributed by atoms with E-state index in [2.05, 4.69) is 0 Å². The lowest BCUT2D eigenvalue weighted by molar-refractivity contribution is 0.302. The average Bonchev–Trinajstić information content (AvgIpc) is 3.17. The topological polar surface area (TPSA) is 87.2 Å². The number of nitrogens with zero attached hydrogens (tertiary/aromatic N) is 2. The van der Waals surface area contributed by atoms with E-state index in [1.54, 1.807) is 24.3 Å². The number of halogens is 1. The molecular weight excluding hydrogens is 422 g/mol. The van der Waals surface area contributed by atoms with Crippen LogP contribution in [-0.2, 0) is 16.6 Å². The highest BCUT2D eigenvalue weighted by Gasteiger charge is 2.14. The van der Waals surface area contributed by atoms with Crippen LogP contribution in [0.3, 0.4) is 0 Å². The molecule has 1 aromatic heterocycles. The first-order valence-corrected chi connectivity index (χ1v) is 11.0. The van der Waals surface area contributed by atoms with Crippen molar-refractivity contribution in [3.63, 3.8) is 0 Å². The third-order valence-electron chi connectivity index (χ3n) is 4.43. The van der Waals surface area contributed by atoms with E-state index in [4.69, 9.17) is 26.5 Å². The zero-order valence-electron chi connectivity index (χ0n) is 15.8. The lowest BCUT2D eigenvalue weighted by Gasteiger charge is -2.09. The summed E-state index contributed by atoms with van der Waals surface area (Å²) in [6, 6.07) is 23.1. The monoisotopic (exact) mass is 439 g/mol. The van der Waals surface area contributed by atoms with Gasteiger partial charge in [0.1, 0.15) is 18.2 Å². The molecule has 4 rings (SSSR count). The average molecular weight is 440 g/mol. The zero-order chi connectivity index (χ0) is 21.1. The van der Waals surface area contributed by atoms with Gasteiger partial charge in [-0.05, 0) is 60.7 Å².